The summed E-state index contributed by atoms with van der Waals surface area (Å²) in [6, 6.07) is 11.6. The summed E-state index contributed by atoms with van der Waals surface area (Å²) >= 11 is 6.04. The summed E-state index contributed by atoms with van der Waals surface area (Å²) < 4.78 is 13.9. The van der Waals surface area contributed by atoms with E-state index < -0.39 is 18.0 Å². The second-order valence-electron chi connectivity index (χ2n) is 6.43. The van der Waals surface area contributed by atoms with Crippen LogP contribution in [0.4, 0.5) is 4.39 Å². The number of hydrogen-bond donors (Lipinski definition) is 2. The van der Waals surface area contributed by atoms with Crippen LogP contribution >= 0.6 is 11.6 Å². The molecule has 138 valence electrons. The molecule has 6 heteroatoms. The summed E-state index contributed by atoms with van der Waals surface area (Å²) in [5, 5.41) is 5.79. The zero-order valence-electron chi connectivity index (χ0n) is 14.9. The van der Waals surface area contributed by atoms with Crippen LogP contribution in [-0.4, -0.2) is 17.9 Å². The molecule has 26 heavy (non-hydrogen) atoms. The van der Waals surface area contributed by atoms with E-state index in [4.69, 9.17) is 11.6 Å². The van der Waals surface area contributed by atoms with Crippen LogP contribution in [-0.2, 0) is 4.79 Å². The molecule has 0 aliphatic heterocycles. The van der Waals surface area contributed by atoms with Crippen LogP contribution in [0.1, 0.15) is 42.7 Å². The van der Waals surface area contributed by atoms with Crippen molar-refractivity contribution >= 4 is 23.4 Å². The lowest BCUT2D eigenvalue weighted by Crippen LogP contribution is -2.50. The molecule has 0 fully saturated rings. The van der Waals surface area contributed by atoms with Gasteiger partial charge in [-0.1, -0.05) is 55.8 Å². The second kappa shape index (κ2) is 8.81. The lowest BCUT2D eigenvalue weighted by atomic mass is 10.0. The number of halogens is 2. The summed E-state index contributed by atoms with van der Waals surface area (Å²) in [4.78, 5) is 25.1. The van der Waals surface area contributed by atoms with Gasteiger partial charge in [-0.25, -0.2) is 4.39 Å². The Hall–Kier alpha value is -2.40. The zero-order valence-corrected chi connectivity index (χ0v) is 15.7. The first-order valence-electron chi connectivity index (χ1n) is 8.41. The summed E-state index contributed by atoms with van der Waals surface area (Å²) in [5.74, 6) is -1.35. The van der Waals surface area contributed by atoms with Gasteiger partial charge in [0.1, 0.15) is 11.9 Å². The van der Waals surface area contributed by atoms with Crippen molar-refractivity contribution in [2.75, 3.05) is 0 Å². The molecule has 2 amide bonds. The Labute approximate surface area is 157 Å². The third-order valence-electron chi connectivity index (χ3n) is 4.08. The molecule has 0 heterocycles. The van der Waals surface area contributed by atoms with Gasteiger partial charge in [0.05, 0.1) is 16.6 Å². The number of carbonyl (C=O) groups is 2. The van der Waals surface area contributed by atoms with Crippen LogP contribution in [0.2, 0.25) is 5.02 Å². The van der Waals surface area contributed by atoms with Crippen molar-refractivity contribution < 1.29 is 14.0 Å². The third kappa shape index (κ3) is 4.82. The van der Waals surface area contributed by atoms with Gasteiger partial charge in [-0.2, -0.15) is 0 Å². The maximum atomic E-state index is 13.9. The fraction of sp³-hybridized carbons (Fsp3) is 0.300. The average molecular weight is 377 g/mol. The molecule has 0 aliphatic rings. The van der Waals surface area contributed by atoms with Gasteiger partial charge in [0, 0.05) is 5.56 Å². The first-order valence-corrected chi connectivity index (χ1v) is 8.79. The zero-order chi connectivity index (χ0) is 19.3. The molecule has 0 saturated carbocycles. The molecule has 0 spiro atoms. The Morgan fingerprint density at radius 1 is 0.962 bits per heavy atom. The highest BCUT2D eigenvalue weighted by molar-refractivity contribution is 6.33. The number of benzene rings is 2. The van der Waals surface area contributed by atoms with Crippen molar-refractivity contribution in [3.63, 3.8) is 0 Å². The van der Waals surface area contributed by atoms with E-state index >= 15 is 0 Å². The van der Waals surface area contributed by atoms with Gasteiger partial charge in [-0.05, 0) is 31.0 Å². The summed E-state index contributed by atoms with van der Waals surface area (Å²) in [7, 11) is 0. The quantitative estimate of drug-likeness (QED) is 0.797. The largest absolute Gasteiger partial charge is 0.348 e. The molecule has 0 aromatic heterocycles. The van der Waals surface area contributed by atoms with Gasteiger partial charge < -0.3 is 10.6 Å². The lowest BCUT2D eigenvalue weighted by molar-refractivity contribution is -0.124. The lowest BCUT2D eigenvalue weighted by Gasteiger charge is -2.24. The van der Waals surface area contributed by atoms with E-state index in [0.717, 1.165) is 0 Å². The fourth-order valence-corrected chi connectivity index (χ4v) is 2.83. The van der Waals surface area contributed by atoms with Crippen molar-refractivity contribution in [2.45, 2.75) is 32.9 Å². The predicted octanol–water partition coefficient (Wildman–Crippen LogP) is 4.11. The normalized spacial score (nSPS) is 13.2. The van der Waals surface area contributed by atoms with E-state index in [0.29, 0.717) is 16.1 Å². The number of carbonyl (C=O) groups excluding carboxylic acids is 2. The minimum Gasteiger partial charge on any atom is -0.348 e. The molecule has 2 aromatic carbocycles. The summed E-state index contributed by atoms with van der Waals surface area (Å²) in [5.41, 5.74) is 0.690. The second-order valence-corrected chi connectivity index (χ2v) is 6.83. The smallest absolute Gasteiger partial charge is 0.253 e. The standard InChI is InChI=1S/C20H22ClFN2O2/c1-12(2)18(24-19(25)15-9-4-6-10-16(15)21)20(26)23-13(3)14-8-5-7-11-17(14)22/h4-13,18H,1-3H3,(H,23,26)(H,24,25)/t13?,18-/m0/s1. The molecule has 2 N–H and O–H groups in total. The van der Waals surface area contributed by atoms with Gasteiger partial charge in [0.15, 0.2) is 0 Å². The molecule has 2 atom stereocenters. The molecule has 0 saturated heterocycles. The first-order chi connectivity index (χ1) is 12.3. The highest BCUT2D eigenvalue weighted by atomic mass is 35.5. The molecule has 0 aliphatic carbocycles. The summed E-state index contributed by atoms with van der Waals surface area (Å²) in [6.45, 7) is 5.35. The Kier molecular flexibility index (Phi) is 6.75. The molecule has 1 unspecified atom stereocenters. The van der Waals surface area contributed by atoms with E-state index in [-0.39, 0.29) is 17.6 Å². The van der Waals surface area contributed by atoms with Gasteiger partial charge in [-0.3, -0.25) is 9.59 Å². The van der Waals surface area contributed by atoms with Gasteiger partial charge in [0.2, 0.25) is 5.91 Å². The highest BCUT2D eigenvalue weighted by Crippen LogP contribution is 2.18. The Morgan fingerprint density at radius 2 is 1.58 bits per heavy atom. The van der Waals surface area contributed by atoms with Crippen LogP contribution in [0.3, 0.4) is 0 Å². The molecule has 0 radical (unpaired) electrons. The Balaban J connectivity index is 2.11. The van der Waals surface area contributed by atoms with E-state index in [2.05, 4.69) is 10.6 Å². The van der Waals surface area contributed by atoms with Crippen LogP contribution < -0.4 is 10.6 Å². The fourth-order valence-electron chi connectivity index (χ4n) is 2.61. The van der Waals surface area contributed by atoms with Gasteiger partial charge >= 0.3 is 0 Å². The molecular formula is C20H22ClFN2O2. The Morgan fingerprint density at radius 3 is 2.19 bits per heavy atom. The minimum atomic E-state index is -0.770. The maximum Gasteiger partial charge on any atom is 0.253 e. The maximum absolute atomic E-state index is 13.9. The van der Waals surface area contributed by atoms with Crippen LogP contribution in [0.5, 0.6) is 0 Å². The number of rotatable bonds is 6. The molecule has 2 rings (SSSR count). The van der Waals surface area contributed by atoms with E-state index in [9.17, 15) is 14.0 Å². The van der Waals surface area contributed by atoms with Crippen molar-refractivity contribution in [1.29, 1.82) is 0 Å². The molecular weight excluding hydrogens is 355 g/mol. The monoisotopic (exact) mass is 376 g/mol. The number of amides is 2. The van der Waals surface area contributed by atoms with Crippen molar-refractivity contribution in [3.8, 4) is 0 Å². The molecule has 0 bridgehead atoms. The van der Waals surface area contributed by atoms with E-state index in [1.807, 2.05) is 13.8 Å². The molecule has 4 nitrogen and oxygen atoms in total. The highest BCUT2D eigenvalue weighted by Gasteiger charge is 2.27. The van der Waals surface area contributed by atoms with Crippen LogP contribution in [0.15, 0.2) is 48.5 Å². The SMILES string of the molecule is CC(NC(=O)[C@@H](NC(=O)c1ccccc1Cl)C(C)C)c1ccccc1F. The molecule has 2 aromatic rings. The van der Waals surface area contributed by atoms with E-state index in [1.54, 1.807) is 49.4 Å². The van der Waals surface area contributed by atoms with Crippen LogP contribution in [0, 0.1) is 11.7 Å². The van der Waals surface area contributed by atoms with Gasteiger partial charge in [0.25, 0.3) is 5.91 Å². The minimum absolute atomic E-state index is 0.158. The van der Waals surface area contributed by atoms with Crippen molar-refractivity contribution in [3.05, 3.63) is 70.5 Å². The third-order valence-corrected chi connectivity index (χ3v) is 4.41. The topological polar surface area (TPSA) is 58.2 Å². The van der Waals surface area contributed by atoms with Crippen molar-refractivity contribution in [1.82, 2.24) is 10.6 Å². The number of nitrogens with one attached hydrogen (secondary N) is 2. The summed E-state index contributed by atoms with van der Waals surface area (Å²) in [6.07, 6.45) is 0. The van der Waals surface area contributed by atoms with Crippen LogP contribution in [0.25, 0.3) is 0 Å². The predicted molar refractivity (Wildman–Crippen MR) is 101 cm³/mol. The number of hydrogen-bond acceptors (Lipinski definition) is 2. The first kappa shape index (κ1) is 19.9. The average Bonchev–Trinajstić information content (AvgIpc) is 2.59. The van der Waals surface area contributed by atoms with E-state index in [1.165, 1.54) is 6.07 Å². The van der Waals surface area contributed by atoms with Crippen molar-refractivity contribution in [2.24, 2.45) is 5.92 Å². The Bertz CT molecular complexity index is 795. The van der Waals surface area contributed by atoms with Gasteiger partial charge in [-0.15, -0.1) is 0 Å².